The van der Waals surface area contributed by atoms with Gasteiger partial charge in [-0.3, -0.25) is 0 Å². The van der Waals surface area contributed by atoms with E-state index in [0.29, 0.717) is 55.6 Å². The van der Waals surface area contributed by atoms with E-state index in [2.05, 4.69) is 20.3 Å². The van der Waals surface area contributed by atoms with Gasteiger partial charge in [0.25, 0.3) is 0 Å². The molecule has 1 aliphatic carbocycles. The lowest BCUT2D eigenvalue weighted by Crippen LogP contribution is -2.26. The van der Waals surface area contributed by atoms with E-state index in [1.165, 1.54) is 0 Å². The molecule has 0 aliphatic heterocycles. The van der Waals surface area contributed by atoms with Gasteiger partial charge >= 0.3 is 12.0 Å². The predicted molar refractivity (Wildman–Crippen MR) is 142 cm³/mol. The number of nitrogens with zero attached hydrogens (tertiary/aromatic N) is 4. The highest BCUT2D eigenvalue weighted by Crippen LogP contribution is 2.27. The van der Waals surface area contributed by atoms with E-state index in [1.54, 1.807) is 38.3 Å². The molecule has 2 aromatic carbocycles. The van der Waals surface area contributed by atoms with Gasteiger partial charge in [0.05, 0.1) is 13.7 Å². The second-order valence-corrected chi connectivity index (χ2v) is 8.84. The molecule has 1 heterocycles. The Morgan fingerprint density at radius 1 is 1.05 bits per heavy atom. The zero-order chi connectivity index (χ0) is 26.9. The zero-order valence-electron chi connectivity index (χ0n) is 21.8. The summed E-state index contributed by atoms with van der Waals surface area (Å²) in [6, 6.07) is 15.1. The summed E-state index contributed by atoms with van der Waals surface area (Å²) in [5.41, 5.74) is 0.862. The molecule has 202 valence electrons. The first-order valence-corrected chi connectivity index (χ1v) is 12.5. The summed E-state index contributed by atoms with van der Waals surface area (Å²) in [7, 11) is 3.48. The van der Waals surface area contributed by atoms with Crippen molar-refractivity contribution in [2.24, 2.45) is 0 Å². The van der Waals surface area contributed by atoms with Crippen molar-refractivity contribution < 1.29 is 28.8 Å². The number of rotatable bonds is 15. The maximum atomic E-state index is 11.3. The first-order valence-electron chi connectivity index (χ1n) is 12.5. The third kappa shape index (κ3) is 7.94. The van der Waals surface area contributed by atoms with Crippen LogP contribution in [-0.4, -0.2) is 72.1 Å². The fourth-order valence-corrected chi connectivity index (χ4v) is 3.54. The number of nitrogens with one attached hydrogen (secondary N) is 1. The summed E-state index contributed by atoms with van der Waals surface area (Å²) in [4.78, 5) is 26.6. The second kappa shape index (κ2) is 12.9. The monoisotopic (exact) mass is 523 g/mol. The summed E-state index contributed by atoms with van der Waals surface area (Å²) in [6.07, 6.45) is 1.60. The van der Waals surface area contributed by atoms with Gasteiger partial charge in [0.15, 0.2) is 6.10 Å². The van der Waals surface area contributed by atoms with Crippen molar-refractivity contribution in [2.45, 2.75) is 38.3 Å². The largest absolute Gasteiger partial charge is 0.497 e. The summed E-state index contributed by atoms with van der Waals surface area (Å²) in [5.74, 6) is 1.96. The van der Waals surface area contributed by atoms with Crippen molar-refractivity contribution in [3.63, 3.8) is 0 Å². The number of anilines is 2. The number of methoxy groups -OCH3 is 1. The molecular weight excluding hydrogens is 490 g/mol. The number of carbonyl (C=O) groups is 1. The van der Waals surface area contributed by atoms with E-state index in [9.17, 15) is 9.90 Å². The number of aromatic nitrogens is 3. The van der Waals surface area contributed by atoms with Gasteiger partial charge in [-0.2, -0.15) is 15.0 Å². The lowest BCUT2D eigenvalue weighted by Gasteiger charge is -2.19. The molecule has 1 saturated carbocycles. The number of carboxylic acid groups (broad SMARTS) is 1. The fourth-order valence-electron chi connectivity index (χ4n) is 3.54. The summed E-state index contributed by atoms with van der Waals surface area (Å²) < 4.78 is 22.3. The molecule has 0 bridgehead atoms. The number of aliphatic carboxylic acids is 1. The number of likely N-dealkylation sites (N-methyl/N-ethyl adjacent to an activating group) is 1. The Bertz CT molecular complexity index is 1190. The molecule has 1 atom stereocenters. The van der Waals surface area contributed by atoms with Crippen LogP contribution in [0.3, 0.4) is 0 Å². The van der Waals surface area contributed by atoms with E-state index >= 15 is 0 Å². The number of hydrogen-bond donors (Lipinski definition) is 2. The van der Waals surface area contributed by atoms with E-state index in [1.807, 2.05) is 36.2 Å². The van der Waals surface area contributed by atoms with Crippen molar-refractivity contribution in [2.75, 3.05) is 44.1 Å². The molecule has 0 saturated heterocycles. The third-order valence-electron chi connectivity index (χ3n) is 5.81. The molecule has 0 amide bonds. The summed E-state index contributed by atoms with van der Waals surface area (Å²) >= 11 is 0. The Balaban J connectivity index is 1.35. The van der Waals surface area contributed by atoms with Crippen molar-refractivity contribution in [1.82, 2.24) is 15.0 Å². The Kier molecular flexibility index (Phi) is 9.15. The maximum Gasteiger partial charge on any atom is 0.333 e. The highest BCUT2D eigenvalue weighted by molar-refractivity contribution is 5.72. The average molecular weight is 524 g/mol. The molecule has 1 aliphatic rings. The second-order valence-electron chi connectivity index (χ2n) is 8.84. The number of carboxylic acids is 1. The Morgan fingerprint density at radius 2 is 1.74 bits per heavy atom. The minimum Gasteiger partial charge on any atom is -0.497 e. The summed E-state index contributed by atoms with van der Waals surface area (Å²) in [6.45, 7) is 3.03. The first kappa shape index (κ1) is 26.9. The van der Waals surface area contributed by atoms with E-state index in [0.717, 1.165) is 24.2 Å². The van der Waals surface area contributed by atoms with E-state index < -0.39 is 12.1 Å². The summed E-state index contributed by atoms with van der Waals surface area (Å²) in [5, 5.41) is 12.6. The Morgan fingerprint density at radius 3 is 2.37 bits per heavy atom. The molecule has 3 aromatic rings. The van der Waals surface area contributed by atoms with Gasteiger partial charge in [0.2, 0.25) is 11.9 Å². The van der Waals surface area contributed by atoms with Gasteiger partial charge in [-0.15, -0.1) is 0 Å². The van der Waals surface area contributed by atoms with Crippen LogP contribution in [-0.2, 0) is 16.0 Å². The topological polar surface area (TPSA) is 128 Å². The van der Waals surface area contributed by atoms with Gasteiger partial charge in [-0.25, -0.2) is 4.79 Å². The van der Waals surface area contributed by atoms with Crippen molar-refractivity contribution in [3.05, 3.63) is 54.1 Å². The molecule has 1 aromatic heterocycles. The molecule has 2 N–H and O–H groups in total. The van der Waals surface area contributed by atoms with E-state index in [-0.39, 0.29) is 6.01 Å². The van der Waals surface area contributed by atoms with Gasteiger partial charge in [0, 0.05) is 26.1 Å². The smallest absolute Gasteiger partial charge is 0.333 e. The SMILES string of the molecule is CCOC(Cc1ccc(OCCN(C)c2nc(NC3CC3)nc(Oc3ccc(OC)cc3)n2)cc1)C(=O)O. The zero-order valence-corrected chi connectivity index (χ0v) is 21.8. The highest BCUT2D eigenvalue weighted by atomic mass is 16.5. The van der Waals surface area contributed by atoms with Crippen LogP contribution in [0.1, 0.15) is 25.3 Å². The lowest BCUT2D eigenvalue weighted by molar-refractivity contribution is -0.149. The fraction of sp³-hybridized carbons (Fsp3) is 0.407. The molecule has 38 heavy (non-hydrogen) atoms. The van der Waals surface area contributed by atoms with Crippen molar-refractivity contribution in [1.29, 1.82) is 0 Å². The molecular formula is C27H33N5O6. The Hall–Kier alpha value is -4.12. The van der Waals surface area contributed by atoms with Crippen LogP contribution in [0.4, 0.5) is 11.9 Å². The van der Waals surface area contributed by atoms with Crippen LogP contribution < -0.4 is 24.4 Å². The minimum absolute atomic E-state index is 0.193. The quantitative estimate of drug-likeness (QED) is 0.302. The molecule has 4 rings (SSSR count). The molecule has 0 radical (unpaired) electrons. The standard InChI is InChI=1S/C27H33N5O6/c1-4-36-23(24(33)34)17-18-5-9-21(10-6-18)37-16-15-32(2)26-29-25(28-19-7-8-19)30-27(31-26)38-22-13-11-20(35-3)12-14-22/h5-6,9-14,19,23H,4,7-8,15-17H2,1-3H3,(H,33,34)(H,28,29,30,31). The molecule has 0 spiro atoms. The predicted octanol–water partition coefficient (Wildman–Crippen LogP) is 3.79. The van der Waals surface area contributed by atoms with Crippen LogP contribution >= 0.6 is 0 Å². The van der Waals surface area contributed by atoms with Gasteiger partial charge < -0.3 is 34.3 Å². The van der Waals surface area contributed by atoms with Crippen LogP contribution in [0.2, 0.25) is 0 Å². The molecule has 1 unspecified atom stereocenters. The van der Waals surface area contributed by atoms with Crippen LogP contribution in [0.25, 0.3) is 0 Å². The molecule has 11 heteroatoms. The average Bonchev–Trinajstić information content (AvgIpc) is 3.73. The van der Waals surface area contributed by atoms with E-state index in [4.69, 9.17) is 18.9 Å². The van der Waals surface area contributed by atoms with Crippen molar-refractivity contribution >= 4 is 17.9 Å². The van der Waals surface area contributed by atoms with Crippen LogP contribution in [0.15, 0.2) is 48.5 Å². The lowest BCUT2D eigenvalue weighted by atomic mass is 10.1. The highest BCUT2D eigenvalue weighted by Gasteiger charge is 2.23. The van der Waals surface area contributed by atoms with Crippen LogP contribution in [0, 0.1) is 0 Å². The van der Waals surface area contributed by atoms with Crippen LogP contribution in [0.5, 0.6) is 23.3 Å². The van der Waals surface area contributed by atoms with Crippen molar-refractivity contribution in [3.8, 4) is 23.3 Å². The molecule has 1 fully saturated rings. The number of hydrogen-bond acceptors (Lipinski definition) is 10. The molecule has 11 nitrogen and oxygen atoms in total. The van der Waals surface area contributed by atoms with Gasteiger partial charge in [-0.1, -0.05) is 12.1 Å². The van der Waals surface area contributed by atoms with Gasteiger partial charge in [0.1, 0.15) is 23.9 Å². The number of ether oxygens (including phenoxy) is 4. The minimum atomic E-state index is -0.971. The Labute approximate surface area is 221 Å². The van der Waals surface area contributed by atoms with Gasteiger partial charge in [-0.05, 0) is 61.7 Å². The number of benzene rings is 2. The maximum absolute atomic E-state index is 11.3. The first-order chi connectivity index (χ1) is 18.4. The third-order valence-corrected chi connectivity index (χ3v) is 5.81. The normalized spacial score (nSPS) is 13.4.